The minimum atomic E-state index is -0.619. The molecule has 1 aliphatic carbocycles. The van der Waals surface area contributed by atoms with Crippen molar-refractivity contribution < 1.29 is 4.74 Å². The highest BCUT2D eigenvalue weighted by Gasteiger charge is 2.36. The molecule has 0 heterocycles. The molecule has 2 aromatic carbocycles. The van der Waals surface area contributed by atoms with Gasteiger partial charge < -0.3 is 4.74 Å². The summed E-state index contributed by atoms with van der Waals surface area (Å²) in [5.41, 5.74) is 9.48. The molecule has 30 heavy (non-hydrogen) atoms. The maximum atomic E-state index is 7.02. The van der Waals surface area contributed by atoms with Gasteiger partial charge in [-0.3, -0.25) is 0 Å². The van der Waals surface area contributed by atoms with E-state index in [9.17, 15) is 0 Å². The Bertz CT molecular complexity index is 970. The van der Waals surface area contributed by atoms with Gasteiger partial charge in [0.25, 0.3) is 0 Å². The van der Waals surface area contributed by atoms with Crippen LogP contribution < -0.4 is 4.74 Å². The van der Waals surface area contributed by atoms with Crippen molar-refractivity contribution in [1.29, 1.82) is 0 Å². The highest BCUT2D eigenvalue weighted by molar-refractivity contribution is 6.61. The first-order valence-corrected chi connectivity index (χ1v) is 13.8. The third kappa shape index (κ3) is 4.01. The molecule has 0 aliphatic heterocycles. The number of halogens is 1. The number of ether oxygens (including phenoxy) is 1. The normalized spacial score (nSPS) is 17.0. The summed E-state index contributed by atoms with van der Waals surface area (Å²) >= 11 is 7.02. The van der Waals surface area contributed by atoms with E-state index >= 15 is 0 Å². The molecule has 3 rings (SSSR count). The summed E-state index contributed by atoms with van der Waals surface area (Å²) in [7, 11) is 1.15. The molecule has 0 amide bonds. The lowest BCUT2D eigenvalue weighted by Gasteiger charge is -2.27. The SMILES string of the molecule is COc1ccc(-c2cc(C(C)(C)C)cc(C(C)(C)C)c2)c2c1C([Si](C)C)C(C)=C2Cl. The van der Waals surface area contributed by atoms with Crippen molar-refractivity contribution in [2.45, 2.75) is 77.9 Å². The Balaban J connectivity index is 2.36. The summed E-state index contributed by atoms with van der Waals surface area (Å²) in [5, 5.41) is 0.911. The predicted molar refractivity (Wildman–Crippen MR) is 134 cm³/mol. The van der Waals surface area contributed by atoms with E-state index in [4.69, 9.17) is 16.3 Å². The van der Waals surface area contributed by atoms with Crippen molar-refractivity contribution in [3.8, 4) is 16.9 Å². The Morgan fingerprint density at radius 1 is 0.900 bits per heavy atom. The molecule has 0 N–H and O–H groups in total. The van der Waals surface area contributed by atoms with Gasteiger partial charge in [-0.05, 0) is 51.6 Å². The van der Waals surface area contributed by atoms with Gasteiger partial charge in [0.2, 0.25) is 0 Å². The van der Waals surface area contributed by atoms with Crippen molar-refractivity contribution in [1.82, 2.24) is 0 Å². The largest absolute Gasteiger partial charge is 0.496 e. The van der Waals surface area contributed by atoms with Crippen LogP contribution in [0.2, 0.25) is 13.1 Å². The molecule has 1 radical (unpaired) electrons. The summed E-state index contributed by atoms with van der Waals surface area (Å²) in [6, 6.07) is 11.4. The summed E-state index contributed by atoms with van der Waals surface area (Å²) in [5.74, 6) is 0.961. The van der Waals surface area contributed by atoms with Crippen molar-refractivity contribution in [2.75, 3.05) is 7.11 Å². The predicted octanol–water partition coefficient (Wildman–Crippen LogP) is 8.32. The standard InChI is InChI=1S/C27H36ClOSi/c1-16-24(28)22-20(11-12-21(29-8)23(22)25(16)30(9)10)17-13-18(26(2,3)4)15-19(14-17)27(5,6)7/h11-15,25H,1-10H3. The Morgan fingerprint density at radius 3 is 1.87 bits per heavy atom. The van der Waals surface area contributed by atoms with Crippen LogP contribution in [0, 0.1) is 0 Å². The average Bonchev–Trinajstić information content (AvgIpc) is 2.91. The molecule has 1 atom stereocenters. The van der Waals surface area contributed by atoms with Crippen molar-refractivity contribution in [3.63, 3.8) is 0 Å². The van der Waals surface area contributed by atoms with Crippen LogP contribution in [0.5, 0.6) is 5.75 Å². The maximum absolute atomic E-state index is 7.02. The monoisotopic (exact) mass is 439 g/mol. The number of rotatable bonds is 3. The Kier molecular flexibility index (Phi) is 6.08. The zero-order valence-corrected chi connectivity index (χ0v) is 22.0. The van der Waals surface area contributed by atoms with Gasteiger partial charge in [-0.1, -0.05) is 90.5 Å². The first-order chi connectivity index (χ1) is 13.8. The molecule has 0 saturated carbocycles. The van der Waals surface area contributed by atoms with Crippen LogP contribution in [0.1, 0.15) is 76.3 Å². The fraction of sp³-hybridized carbons (Fsp3) is 0.481. The van der Waals surface area contributed by atoms with E-state index < -0.39 is 8.80 Å². The summed E-state index contributed by atoms with van der Waals surface area (Å²) in [6.07, 6.45) is 0. The van der Waals surface area contributed by atoms with Crippen LogP contribution in [-0.2, 0) is 10.8 Å². The zero-order valence-electron chi connectivity index (χ0n) is 20.3. The molecular weight excluding hydrogens is 404 g/mol. The van der Waals surface area contributed by atoms with Gasteiger partial charge in [-0.15, -0.1) is 0 Å². The van der Waals surface area contributed by atoms with Gasteiger partial charge in [0, 0.05) is 21.7 Å². The minimum absolute atomic E-state index is 0.0761. The Hall–Kier alpha value is -1.51. The van der Waals surface area contributed by atoms with E-state index in [0.717, 1.165) is 10.8 Å². The smallest absolute Gasteiger partial charge is 0.123 e. The zero-order chi connectivity index (χ0) is 22.6. The van der Waals surface area contributed by atoms with Crippen molar-refractivity contribution in [3.05, 3.63) is 58.2 Å². The van der Waals surface area contributed by atoms with E-state index in [0.29, 0.717) is 5.54 Å². The molecule has 1 aliphatic rings. The Morgan fingerprint density at radius 2 is 1.43 bits per heavy atom. The molecule has 3 heteroatoms. The van der Waals surface area contributed by atoms with Gasteiger partial charge in [0.1, 0.15) is 5.75 Å². The second-order valence-corrected chi connectivity index (χ2v) is 14.0. The molecule has 0 fully saturated rings. The average molecular weight is 440 g/mol. The number of methoxy groups -OCH3 is 1. The van der Waals surface area contributed by atoms with Gasteiger partial charge in [0.15, 0.2) is 0 Å². The fourth-order valence-corrected chi connectivity index (χ4v) is 6.73. The molecule has 1 nitrogen and oxygen atoms in total. The van der Waals surface area contributed by atoms with Crippen LogP contribution in [0.4, 0.5) is 0 Å². The molecule has 0 bridgehead atoms. The molecule has 1 unspecified atom stereocenters. The van der Waals surface area contributed by atoms with E-state index in [1.54, 1.807) is 7.11 Å². The van der Waals surface area contributed by atoms with Gasteiger partial charge in [-0.25, -0.2) is 0 Å². The number of allylic oxidation sites excluding steroid dienone is 1. The number of hydrogen-bond acceptors (Lipinski definition) is 1. The summed E-state index contributed by atoms with van der Waals surface area (Å²) in [4.78, 5) is 0. The van der Waals surface area contributed by atoms with Crippen molar-refractivity contribution >= 4 is 25.4 Å². The number of hydrogen-bond donors (Lipinski definition) is 0. The first-order valence-electron chi connectivity index (χ1n) is 10.8. The van der Waals surface area contributed by atoms with E-state index in [1.807, 2.05) is 0 Å². The fourth-order valence-electron chi connectivity index (χ4n) is 4.45. The third-order valence-electron chi connectivity index (χ3n) is 6.27. The maximum Gasteiger partial charge on any atom is 0.123 e. The van der Waals surface area contributed by atoms with Crippen LogP contribution >= 0.6 is 11.6 Å². The lowest BCUT2D eigenvalue weighted by atomic mass is 9.78. The minimum Gasteiger partial charge on any atom is -0.496 e. The van der Waals surface area contributed by atoms with E-state index in [1.165, 1.54) is 39.0 Å². The number of benzene rings is 2. The molecule has 161 valence electrons. The highest BCUT2D eigenvalue weighted by atomic mass is 35.5. The third-order valence-corrected chi connectivity index (χ3v) is 8.63. The van der Waals surface area contributed by atoms with E-state index in [-0.39, 0.29) is 10.8 Å². The Labute approximate surface area is 190 Å². The lowest BCUT2D eigenvalue weighted by molar-refractivity contribution is 0.410. The molecule has 0 saturated heterocycles. The first kappa shape index (κ1) is 23.2. The molecule has 0 spiro atoms. The van der Waals surface area contributed by atoms with Crippen LogP contribution in [0.25, 0.3) is 16.2 Å². The lowest BCUT2D eigenvalue weighted by Crippen LogP contribution is -2.17. The van der Waals surface area contributed by atoms with Gasteiger partial charge >= 0.3 is 0 Å². The summed E-state index contributed by atoms with van der Waals surface area (Å²) in [6.45, 7) is 20.6. The van der Waals surface area contributed by atoms with Crippen molar-refractivity contribution in [2.24, 2.45) is 0 Å². The highest BCUT2D eigenvalue weighted by Crippen LogP contribution is 2.52. The quantitative estimate of drug-likeness (QED) is 0.436. The molecular formula is C27H36ClOSi. The van der Waals surface area contributed by atoms with Gasteiger partial charge in [-0.2, -0.15) is 0 Å². The molecule has 2 aromatic rings. The van der Waals surface area contributed by atoms with E-state index in [2.05, 4.69) is 91.9 Å². The van der Waals surface area contributed by atoms with Crippen LogP contribution in [0.15, 0.2) is 35.9 Å². The number of fused-ring (bicyclic) bond motifs is 1. The topological polar surface area (TPSA) is 9.23 Å². The summed E-state index contributed by atoms with van der Waals surface area (Å²) < 4.78 is 5.81. The van der Waals surface area contributed by atoms with Crippen LogP contribution in [-0.4, -0.2) is 15.9 Å². The second kappa shape index (κ2) is 7.87. The van der Waals surface area contributed by atoms with Gasteiger partial charge in [0.05, 0.1) is 15.9 Å². The van der Waals surface area contributed by atoms with Crippen LogP contribution in [0.3, 0.4) is 0 Å². The molecule has 0 aromatic heterocycles. The second-order valence-electron chi connectivity index (χ2n) is 10.9.